The summed E-state index contributed by atoms with van der Waals surface area (Å²) in [4.78, 5) is 23.6. The maximum Gasteiger partial charge on any atom is 0.353 e. The van der Waals surface area contributed by atoms with Crippen LogP contribution < -0.4 is 14.2 Å². The van der Waals surface area contributed by atoms with Gasteiger partial charge in [0, 0.05) is 18.1 Å². The van der Waals surface area contributed by atoms with Crippen molar-refractivity contribution in [2.24, 2.45) is 0 Å². The van der Waals surface area contributed by atoms with Crippen molar-refractivity contribution >= 4 is 27.1 Å². The summed E-state index contributed by atoms with van der Waals surface area (Å²) in [5.41, 5.74) is 0.319. The highest BCUT2D eigenvalue weighted by atomic mass is 32.2. The summed E-state index contributed by atoms with van der Waals surface area (Å²) >= 11 is 0. The van der Waals surface area contributed by atoms with Crippen LogP contribution in [0.15, 0.2) is 42.5 Å². The fourth-order valence-corrected chi connectivity index (χ4v) is 3.29. The first-order valence-electron chi connectivity index (χ1n) is 7.75. The second kappa shape index (κ2) is 7.50. The first-order chi connectivity index (χ1) is 12.9. The number of hydrogen-bond donors (Lipinski definition) is 1. The number of benzene rings is 2. The number of carbonyl (C=O) groups is 2. The van der Waals surface area contributed by atoms with Crippen molar-refractivity contribution in [2.75, 3.05) is 7.11 Å². The molecule has 0 aromatic heterocycles. The molecule has 0 radical (unpaired) electrons. The number of rotatable bonds is 4. The quantitative estimate of drug-likeness (QED) is 0.475. The number of methoxy groups -OCH3 is 1. The van der Waals surface area contributed by atoms with E-state index in [1.807, 2.05) is 0 Å². The van der Waals surface area contributed by atoms with Gasteiger partial charge in [-0.15, -0.1) is 0 Å². The lowest BCUT2D eigenvalue weighted by Crippen LogP contribution is -2.37. The van der Waals surface area contributed by atoms with Crippen molar-refractivity contribution in [3.05, 3.63) is 53.6 Å². The highest BCUT2D eigenvalue weighted by Gasteiger charge is 2.32. The van der Waals surface area contributed by atoms with E-state index in [2.05, 4.69) is 0 Å². The molecule has 1 N–H and O–H groups in total. The van der Waals surface area contributed by atoms with E-state index in [1.165, 1.54) is 25.3 Å². The molecule has 2 aromatic rings. The van der Waals surface area contributed by atoms with Crippen LogP contribution in [0.25, 0.3) is 0 Å². The van der Waals surface area contributed by atoms with Crippen LogP contribution in [0.3, 0.4) is 0 Å². The molecule has 0 amide bonds. The summed E-state index contributed by atoms with van der Waals surface area (Å²) in [6.45, 7) is 0. The van der Waals surface area contributed by atoms with Crippen molar-refractivity contribution in [1.82, 2.24) is 0 Å². The number of hydrogen-bond acceptors (Lipinski definition) is 7. The number of carboxylic acid groups (broad SMARTS) is 1. The molecule has 0 fully saturated rings. The molecule has 8 nitrogen and oxygen atoms in total. The number of fused-ring (bicyclic) bond motifs is 1. The Labute approximate surface area is 155 Å². The Balaban J connectivity index is 1.85. The van der Waals surface area contributed by atoms with E-state index in [9.17, 15) is 18.0 Å². The van der Waals surface area contributed by atoms with Crippen LogP contribution in [0.5, 0.6) is 17.2 Å². The monoisotopic (exact) mass is 390 g/mol. The fourth-order valence-electron chi connectivity index (χ4n) is 2.66. The molecule has 1 unspecified atom stereocenters. The summed E-state index contributed by atoms with van der Waals surface area (Å²) in [5.74, 6) is -1.65. The lowest BCUT2D eigenvalue weighted by molar-refractivity contribution is -0.142. The molecule has 2 aromatic carbocycles. The Hall–Kier alpha value is -3.33. The smallest absolute Gasteiger partial charge is 0.353 e. The van der Waals surface area contributed by atoms with Crippen LogP contribution in [0.4, 0.5) is 0 Å². The highest BCUT2D eigenvalue weighted by Crippen LogP contribution is 2.29. The van der Waals surface area contributed by atoms with Crippen LogP contribution in [-0.4, -0.2) is 43.5 Å². The Morgan fingerprint density at radius 3 is 2.59 bits per heavy atom. The van der Waals surface area contributed by atoms with Gasteiger partial charge in [0.15, 0.2) is 0 Å². The van der Waals surface area contributed by atoms with E-state index in [-0.39, 0.29) is 34.1 Å². The Kier molecular flexibility index (Phi) is 5.13. The third kappa shape index (κ3) is 3.77. The highest BCUT2D eigenvalue weighted by molar-refractivity contribution is 7.73. The molecule has 3 rings (SSSR count). The van der Waals surface area contributed by atoms with Crippen molar-refractivity contribution in [3.63, 3.8) is 0 Å². The van der Waals surface area contributed by atoms with Crippen LogP contribution in [0.2, 0.25) is 0 Å². The standard InChI is InChI=1S/C18H14O8S/c1-24-14-8-10(6-7-12(14)17(19)20)25-18(21)15-9-16(27(22)23)11-4-2-3-5-13(11)26-15/h2-8,15H,9H2,1H3,(H,19,20). The minimum atomic E-state index is -2.52. The fraction of sp³-hybridized carbons (Fsp3) is 0.167. The topological polar surface area (TPSA) is 116 Å². The zero-order valence-electron chi connectivity index (χ0n) is 14.0. The number of para-hydroxylation sites is 1. The van der Waals surface area contributed by atoms with E-state index in [0.29, 0.717) is 5.56 Å². The van der Waals surface area contributed by atoms with Gasteiger partial charge in [-0.2, -0.15) is 8.42 Å². The maximum atomic E-state index is 12.4. The van der Waals surface area contributed by atoms with Gasteiger partial charge < -0.3 is 19.3 Å². The third-order valence-electron chi connectivity index (χ3n) is 3.91. The number of esters is 1. The zero-order chi connectivity index (χ0) is 19.6. The van der Waals surface area contributed by atoms with Gasteiger partial charge in [0.2, 0.25) is 16.4 Å². The molecule has 1 heterocycles. The minimum absolute atomic E-state index is 0.0237. The first kappa shape index (κ1) is 18.5. The largest absolute Gasteiger partial charge is 0.496 e. The lowest BCUT2D eigenvalue weighted by Gasteiger charge is -2.24. The molecule has 1 atom stereocenters. The third-order valence-corrected chi connectivity index (χ3v) is 4.70. The summed E-state index contributed by atoms with van der Waals surface area (Å²) < 4.78 is 38.8. The van der Waals surface area contributed by atoms with Crippen LogP contribution >= 0.6 is 0 Å². The number of carbonyl (C=O) groups excluding carboxylic acids is 1. The van der Waals surface area contributed by atoms with Crippen molar-refractivity contribution in [2.45, 2.75) is 12.5 Å². The number of aromatic carboxylic acids is 1. The molecular formula is C18H14O8S. The van der Waals surface area contributed by atoms with Gasteiger partial charge in [-0.1, -0.05) is 12.1 Å². The SMILES string of the molecule is COc1cc(OC(=O)C2CC(=S(=O)=O)c3ccccc3O2)ccc1C(=O)O. The van der Waals surface area contributed by atoms with E-state index in [1.54, 1.807) is 24.3 Å². The van der Waals surface area contributed by atoms with Crippen molar-refractivity contribution in [1.29, 1.82) is 0 Å². The van der Waals surface area contributed by atoms with Crippen LogP contribution in [0.1, 0.15) is 22.3 Å². The molecule has 140 valence electrons. The van der Waals surface area contributed by atoms with Crippen LogP contribution in [-0.2, 0) is 15.1 Å². The van der Waals surface area contributed by atoms with Gasteiger partial charge in [-0.25, -0.2) is 9.59 Å². The summed E-state index contributed by atoms with van der Waals surface area (Å²) in [6.07, 6.45) is -1.33. The molecule has 0 aliphatic carbocycles. The molecule has 9 heteroatoms. The van der Waals surface area contributed by atoms with Crippen LogP contribution in [0, 0.1) is 0 Å². The van der Waals surface area contributed by atoms with Crippen molar-refractivity contribution < 1.29 is 37.3 Å². The Morgan fingerprint density at radius 1 is 1.19 bits per heavy atom. The minimum Gasteiger partial charge on any atom is -0.496 e. The molecule has 0 spiro atoms. The predicted octanol–water partition coefficient (Wildman–Crippen LogP) is 1.55. The molecule has 0 saturated carbocycles. The van der Waals surface area contributed by atoms with Gasteiger partial charge in [0.05, 0.1) is 12.0 Å². The maximum absolute atomic E-state index is 12.4. The molecule has 27 heavy (non-hydrogen) atoms. The molecule has 0 saturated heterocycles. The average Bonchev–Trinajstić information content (AvgIpc) is 2.66. The molecule has 0 bridgehead atoms. The first-order valence-corrected chi connectivity index (χ1v) is 8.82. The van der Waals surface area contributed by atoms with Crippen molar-refractivity contribution in [3.8, 4) is 17.2 Å². The van der Waals surface area contributed by atoms with Gasteiger partial charge in [0.25, 0.3) is 0 Å². The summed E-state index contributed by atoms with van der Waals surface area (Å²) in [6, 6.07) is 10.3. The second-order valence-electron chi connectivity index (χ2n) is 5.55. The number of ether oxygens (including phenoxy) is 3. The van der Waals surface area contributed by atoms with E-state index >= 15 is 0 Å². The summed E-state index contributed by atoms with van der Waals surface area (Å²) in [5, 5.41) is 9.08. The predicted molar refractivity (Wildman–Crippen MR) is 94.1 cm³/mol. The molecule has 1 aliphatic rings. The number of carboxylic acids is 1. The van der Waals surface area contributed by atoms with E-state index in [0.717, 1.165) is 0 Å². The second-order valence-corrected chi connectivity index (χ2v) is 6.52. The van der Waals surface area contributed by atoms with Gasteiger partial charge in [-0.05, 0) is 24.3 Å². The van der Waals surface area contributed by atoms with E-state index < -0.39 is 28.3 Å². The Morgan fingerprint density at radius 2 is 1.93 bits per heavy atom. The van der Waals surface area contributed by atoms with Gasteiger partial charge in [0.1, 0.15) is 22.8 Å². The lowest BCUT2D eigenvalue weighted by atomic mass is 10.0. The van der Waals surface area contributed by atoms with Gasteiger partial charge in [-0.3, -0.25) is 0 Å². The summed E-state index contributed by atoms with van der Waals surface area (Å²) in [7, 11) is -1.23. The molecular weight excluding hydrogens is 376 g/mol. The normalized spacial score (nSPS) is 15.3. The average molecular weight is 390 g/mol. The van der Waals surface area contributed by atoms with Gasteiger partial charge >= 0.3 is 11.9 Å². The zero-order valence-corrected chi connectivity index (χ0v) is 14.9. The molecule has 1 aliphatic heterocycles. The Bertz CT molecular complexity index is 1050. The van der Waals surface area contributed by atoms with E-state index in [4.69, 9.17) is 19.3 Å².